The first-order valence-corrected chi connectivity index (χ1v) is 7.57. The maximum atomic E-state index is 4.71. The first kappa shape index (κ1) is 15.6. The summed E-state index contributed by atoms with van der Waals surface area (Å²) in [5.74, 6) is 2.36. The fourth-order valence-corrected chi connectivity index (χ4v) is 2.77. The van der Waals surface area contributed by atoms with Crippen LogP contribution >= 0.6 is 12.6 Å². The van der Waals surface area contributed by atoms with E-state index in [-0.39, 0.29) is 0 Å². The van der Waals surface area contributed by atoms with E-state index >= 15 is 0 Å². The summed E-state index contributed by atoms with van der Waals surface area (Å²) in [4.78, 5) is 1.16. The molecule has 0 saturated heterocycles. The van der Waals surface area contributed by atoms with Crippen molar-refractivity contribution in [3.05, 3.63) is 28.8 Å². The Kier molecular flexibility index (Phi) is 5.33. The standard InChI is InChI=1S/C17H28S/c1-10(2)13(7)16-8-14(11(3)4)15(12(5)6)9-17(16)18/h8-13,18H,1-7H3. The molecule has 0 nitrogen and oxygen atoms in total. The fraction of sp³-hybridized carbons (Fsp3) is 0.647. The van der Waals surface area contributed by atoms with E-state index in [4.69, 9.17) is 12.6 Å². The summed E-state index contributed by atoms with van der Waals surface area (Å²) in [6, 6.07) is 4.68. The molecular formula is C17H28S. The number of rotatable bonds is 4. The quantitative estimate of drug-likeness (QED) is 0.635. The monoisotopic (exact) mass is 264 g/mol. The molecule has 1 aromatic carbocycles. The molecule has 0 fully saturated rings. The van der Waals surface area contributed by atoms with Crippen LogP contribution in [-0.2, 0) is 0 Å². The highest BCUT2D eigenvalue weighted by Crippen LogP contribution is 2.36. The Labute approximate surface area is 119 Å². The smallest absolute Gasteiger partial charge is 0.00779 e. The Bertz CT molecular complexity index is 402. The van der Waals surface area contributed by atoms with Crippen molar-refractivity contribution in [2.45, 2.75) is 71.1 Å². The van der Waals surface area contributed by atoms with Gasteiger partial charge in [0.15, 0.2) is 0 Å². The van der Waals surface area contributed by atoms with Gasteiger partial charge in [-0.2, -0.15) is 0 Å². The first-order valence-electron chi connectivity index (χ1n) is 7.12. The topological polar surface area (TPSA) is 0 Å². The van der Waals surface area contributed by atoms with Crippen molar-refractivity contribution in [2.24, 2.45) is 5.92 Å². The Balaban J connectivity index is 3.36. The summed E-state index contributed by atoms with van der Waals surface area (Å²) in [5.41, 5.74) is 4.35. The first-order chi connectivity index (χ1) is 8.25. The van der Waals surface area contributed by atoms with Gasteiger partial charge in [0.25, 0.3) is 0 Å². The van der Waals surface area contributed by atoms with Crippen molar-refractivity contribution >= 4 is 12.6 Å². The highest BCUT2D eigenvalue weighted by atomic mass is 32.1. The third-order valence-electron chi connectivity index (χ3n) is 3.97. The van der Waals surface area contributed by atoms with Crippen LogP contribution in [0.2, 0.25) is 0 Å². The van der Waals surface area contributed by atoms with Crippen molar-refractivity contribution in [1.82, 2.24) is 0 Å². The number of thiol groups is 1. The van der Waals surface area contributed by atoms with E-state index in [1.807, 2.05) is 0 Å². The van der Waals surface area contributed by atoms with E-state index < -0.39 is 0 Å². The minimum Gasteiger partial charge on any atom is -0.143 e. The van der Waals surface area contributed by atoms with E-state index in [0.29, 0.717) is 23.7 Å². The largest absolute Gasteiger partial charge is 0.143 e. The van der Waals surface area contributed by atoms with Gasteiger partial charge >= 0.3 is 0 Å². The molecule has 0 spiro atoms. The van der Waals surface area contributed by atoms with Crippen LogP contribution in [0.5, 0.6) is 0 Å². The minimum atomic E-state index is 0.566. The summed E-state index contributed by atoms with van der Waals surface area (Å²) >= 11 is 4.71. The second-order valence-electron chi connectivity index (χ2n) is 6.38. The van der Waals surface area contributed by atoms with E-state index in [2.05, 4.69) is 60.6 Å². The molecule has 0 aliphatic rings. The summed E-state index contributed by atoms with van der Waals surface area (Å²) in [6.45, 7) is 16.0. The van der Waals surface area contributed by atoms with Gasteiger partial charge in [0.05, 0.1) is 0 Å². The Morgan fingerprint density at radius 1 is 0.722 bits per heavy atom. The zero-order chi connectivity index (χ0) is 14.0. The average Bonchev–Trinajstić information content (AvgIpc) is 2.26. The molecule has 1 rings (SSSR count). The van der Waals surface area contributed by atoms with Gasteiger partial charge in [-0.15, -0.1) is 12.6 Å². The maximum absolute atomic E-state index is 4.71. The van der Waals surface area contributed by atoms with Gasteiger partial charge in [-0.3, -0.25) is 0 Å². The molecule has 0 aliphatic heterocycles. The van der Waals surface area contributed by atoms with Gasteiger partial charge in [0, 0.05) is 4.90 Å². The Hall–Kier alpha value is -0.430. The number of hydrogen-bond acceptors (Lipinski definition) is 1. The molecule has 0 aliphatic carbocycles. The van der Waals surface area contributed by atoms with Crippen LogP contribution in [0.3, 0.4) is 0 Å². The van der Waals surface area contributed by atoms with Gasteiger partial charge in [-0.05, 0) is 46.4 Å². The lowest BCUT2D eigenvalue weighted by Gasteiger charge is -2.23. The molecule has 1 aromatic rings. The summed E-state index contributed by atoms with van der Waals surface area (Å²) in [7, 11) is 0. The molecule has 18 heavy (non-hydrogen) atoms. The molecule has 0 aromatic heterocycles. The van der Waals surface area contributed by atoms with Crippen molar-refractivity contribution in [3.8, 4) is 0 Å². The van der Waals surface area contributed by atoms with Crippen LogP contribution in [0.15, 0.2) is 17.0 Å². The predicted octanol–water partition coefficient (Wildman–Crippen LogP) is 5.98. The molecule has 0 radical (unpaired) electrons. The van der Waals surface area contributed by atoms with Crippen molar-refractivity contribution < 1.29 is 0 Å². The summed E-state index contributed by atoms with van der Waals surface area (Å²) < 4.78 is 0. The highest BCUT2D eigenvalue weighted by Gasteiger charge is 2.18. The predicted molar refractivity (Wildman–Crippen MR) is 85.1 cm³/mol. The molecular weight excluding hydrogens is 236 g/mol. The summed E-state index contributed by atoms with van der Waals surface area (Å²) in [5, 5.41) is 0. The summed E-state index contributed by atoms with van der Waals surface area (Å²) in [6.07, 6.45) is 0. The SMILES string of the molecule is CC(C)c1cc(S)c(C(C)C(C)C)cc1C(C)C. The molecule has 0 amide bonds. The van der Waals surface area contributed by atoms with Gasteiger partial charge in [0.1, 0.15) is 0 Å². The lowest BCUT2D eigenvalue weighted by atomic mass is 9.84. The van der Waals surface area contributed by atoms with Crippen molar-refractivity contribution in [1.29, 1.82) is 0 Å². The lowest BCUT2D eigenvalue weighted by molar-refractivity contribution is 0.527. The van der Waals surface area contributed by atoms with Crippen LogP contribution in [0, 0.1) is 5.92 Å². The van der Waals surface area contributed by atoms with Gasteiger partial charge in [-0.1, -0.05) is 54.5 Å². The number of hydrogen-bond donors (Lipinski definition) is 1. The molecule has 1 unspecified atom stereocenters. The van der Waals surface area contributed by atoms with Crippen LogP contribution in [-0.4, -0.2) is 0 Å². The zero-order valence-corrected chi connectivity index (χ0v) is 13.8. The lowest BCUT2D eigenvalue weighted by Crippen LogP contribution is -2.07. The normalized spacial score (nSPS) is 13.7. The van der Waals surface area contributed by atoms with E-state index in [0.717, 1.165) is 4.90 Å². The minimum absolute atomic E-state index is 0.566. The van der Waals surface area contributed by atoms with Gasteiger partial charge in [0.2, 0.25) is 0 Å². The Morgan fingerprint density at radius 3 is 1.56 bits per heavy atom. The molecule has 0 bridgehead atoms. The fourth-order valence-electron chi connectivity index (χ4n) is 2.36. The van der Waals surface area contributed by atoms with Gasteiger partial charge < -0.3 is 0 Å². The Morgan fingerprint density at radius 2 is 1.17 bits per heavy atom. The van der Waals surface area contributed by atoms with Gasteiger partial charge in [-0.25, -0.2) is 0 Å². The van der Waals surface area contributed by atoms with Crippen LogP contribution in [0.1, 0.15) is 82.9 Å². The molecule has 1 heteroatoms. The van der Waals surface area contributed by atoms with Crippen molar-refractivity contribution in [3.63, 3.8) is 0 Å². The molecule has 0 N–H and O–H groups in total. The highest BCUT2D eigenvalue weighted by molar-refractivity contribution is 7.80. The second-order valence-corrected chi connectivity index (χ2v) is 6.86. The van der Waals surface area contributed by atoms with E-state index in [9.17, 15) is 0 Å². The van der Waals surface area contributed by atoms with Crippen LogP contribution in [0.4, 0.5) is 0 Å². The second kappa shape index (κ2) is 6.14. The van der Waals surface area contributed by atoms with Crippen LogP contribution in [0.25, 0.3) is 0 Å². The number of benzene rings is 1. The van der Waals surface area contributed by atoms with Crippen LogP contribution < -0.4 is 0 Å². The molecule has 102 valence electrons. The molecule has 1 atom stereocenters. The zero-order valence-electron chi connectivity index (χ0n) is 12.9. The molecule has 0 heterocycles. The maximum Gasteiger partial charge on any atom is 0.00779 e. The third-order valence-corrected chi connectivity index (χ3v) is 4.35. The average molecular weight is 264 g/mol. The van der Waals surface area contributed by atoms with Crippen molar-refractivity contribution in [2.75, 3.05) is 0 Å². The molecule has 0 saturated carbocycles. The third kappa shape index (κ3) is 3.32. The van der Waals surface area contributed by atoms with E-state index in [1.54, 1.807) is 0 Å². The van der Waals surface area contributed by atoms with E-state index in [1.165, 1.54) is 16.7 Å².